The third-order valence-electron chi connectivity index (χ3n) is 1.69. The number of rotatable bonds is 1. The van der Waals surface area contributed by atoms with Crippen molar-refractivity contribution in [3.05, 3.63) is 37.4 Å². The highest BCUT2D eigenvalue weighted by molar-refractivity contribution is 5.78. The molecule has 0 aromatic carbocycles. The molecule has 0 atom stereocenters. The molecule has 0 unspecified atom stereocenters. The molecule has 0 aliphatic rings. The lowest BCUT2D eigenvalue weighted by Crippen LogP contribution is -2.15. The molecule has 0 amide bonds. The molecule has 0 radical (unpaired) electrons. The molecule has 0 bridgehead atoms. The maximum absolute atomic E-state index is 11.4. The van der Waals surface area contributed by atoms with Crippen LogP contribution in [0.2, 0.25) is 0 Å². The van der Waals surface area contributed by atoms with Crippen molar-refractivity contribution >= 4 is 12.0 Å². The lowest BCUT2D eigenvalue weighted by molar-refractivity contribution is 0.244. The number of hydrogen-bond acceptors (Lipinski definition) is 5. The van der Waals surface area contributed by atoms with E-state index in [2.05, 4.69) is 15.0 Å². The zero-order valence-electron chi connectivity index (χ0n) is 9.32. The number of aromatic nitrogens is 4. The van der Waals surface area contributed by atoms with Gasteiger partial charge in [0.15, 0.2) is 0 Å². The number of aliphatic imine (C=N–C) groups is 1. The Labute approximate surface area is 98.0 Å². The van der Waals surface area contributed by atoms with E-state index < -0.39 is 0 Å². The molecular formula is C10H12N6O. The molecule has 0 saturated carbocycles. The first-order valence-electron chi connectivity index (χ1n) is 4.88. The van der Waals surface area contributed by atoms with Crippen molar-refractivity contribution in [1.29, 1.82) is 5.41 Å². The summed E-state index contributed by atoms with van der Waals surface area (Å²) in [6, 6.07) is 1.70. The van der Waals surface area contributed by atoms with E-state index in [1.54, 1.807) is 24.8 Å². The zero-order chi connectivity index (χ0) is 12.5. The molecule has 0 aliphatic carbocycles. The maximum atomic E-state index is 11.4. The van der Waals surface area contributed by atoms with Crippen LogP contribution in [0, 0.1) is 5.41 Å². The quantitative estimate of drug-likeness (QED) is 0.752. The summed E-state index contributed by atoms with van der Waals surface area (Å²) in [6.45, 7) is 2.53. The van der Waals surface area contributed by atoms with Gasteiger partial charge in [-0.3, -0.25) is 9.13 Å². The van der Waals surface area contributed by atoms with Gasteiger partial charge in [0.1, 0.15) is 12.7 Å². The molecule has 17 heavy (non-hydrogen) atoms. The van der Waals surface area contributed by atoms with E-state index >= 15 is 0 Å². The smallest absolute Gasteiger partial charge is 0.257 e. The Morgan fingerprint density at radius 3 is 2.06 bits per heavy atom. The molecule has 2 rings (SSSR count). The zero-order valence-corrected chi connectivity index (χ0v) is 9.32. The summed E-state index contributed by atoms with van der Waals surface area (Å²) in [6.07, 6.45) is 9.17. The van der Waals surface area contributed by atoms with E-state index in [4.69, 9.17) is 5.41 Å². The van der Waals surface area contributed by atoms with Crippen LogP contribution in [0.15, 0.2) is 42.4 Å². The van der Waals surface area contributed by atoms with Crippen molar-refractivity contribution in [1.82, 2.24) is 19.1 Å². The molecule has 2 heterocycles. The van der Waals surface area contributed by atoms with E-state index in [-0.39, 0.29) is 6.03 Å². The van der Waals surface area contributed by atoms with E-state index in [0.29, 0.717) is 6.54 Å². The van der Waals surface area contributed by atoms with E-state index in [1.165, 1.54) is 21.8 Å². The molecule has 0 spiro atoms. The van der Waals surface area contributed by atoms with Crippen molar-refractivity contribution in [2.75, 3.05) is 6.54 Å². The minimum atomic E-state index is -0.190. The van der Waals surface area contributed by atoms with Crippen LogP contribution in [0.25, 0.3) is 0 Å². The Bertz CT molecular complexity index is 445. The maximum Gasteiger partial charge on any atom is 0.338 e. The fraction of sp³-hybridized carbons (Fsp3) is 0.200. The molecule has 0 fully saturated rings. The average Bonchev–Trinajstić information content (AvgIpc) is 3.04. The number of nitrogens with zero attached hydrogens (tertiary/aromatic N) is 5. The second kappa shape index (κ2) is 6.86. The summed E-state index contributed by atoms with van der Waals surface area (Å²) in [5.74, 6) is 0. The van der Waals surface area contributed by atoms with E-state index in [9.17, 15) is 4.79 Å². The molecule has 88 valence electrons. The third-order valence-corrected chi connectivity index (χ3v) is 1.69. The standard InChI is InChI=1S/C7H6N4O.C3H6N2/c12-7(10-3-1-8-5-10)11-4-2-9-6-11;1-2-5-3-4/h1-6H;4H,2H2,1H3. The first-order chi connectivity index (χ1) is 8.29. The second-order valence-corrected chi connectivity index (χ2v) is 2.81. The summed E-state index contributed by atoms with van der Waals surface area (Å²) in [5.41, 5.74) is 0. The third kappa shape index (κ3) is 3.84. The largest absolute Gasteiger partial charge is 0.338 e. The van der Waals surface area contributed by atoms with Crippen molar-refractivity contribution < 1.29 is 4.79 Å². The Morgan fingerprint density at radius 2 is 1.82 bits per heavy atom. The van der Waals surface area contributed by atoms with Crippen molar-refractivity contribution in [2.24, 2.45) is 4.99 Å². The lowest BCUT2D eigenvalue weighted by atomic mass is 10.8. The molecule has 2 aromatic heterocycles. The normalized spacial score (nSPS) is 8.76. The number of nitrogens with one attached hydrogen (secondary N) is 1. The second-order valence-electron chi connectivity index (χ2n) is 2.81. The Kier molecular flexibility index (Phi) is 5.06. The number of carbonyl (C=O) groups is 1. The van der Waals surface area contributed by atoms with Gasteiger partial charge in [-0.15, -0.1) is 0 Å². The molecule has 7 heteroatoms. The molecule has 0 aliphatic heterocycles. The number of imidazole rings is 2. The molecule has 7 nitrogen and oxygen atoms in total. The van der Waals surface area contributed by atoms with E-state index in [0.717, 1.165) is 0 Å². The molecular weight excluding hydrogens is 220 g/mol. The summed E-state index contributed by atoms with van der Waals surface area (Å²) in [4.78, 5) is 22.3. The predicted molar refractivity (Wildman–Crippen MR) is 61.3 cm³/mol. The summed E-state index contributed by atoms with van der Waals surface area (Å²) >= 11 is 0. The topological polar surface area (TPSA) is 88.9 Å². The minimum absolute atomic E-state index is 0.190. The summed E-state index contributed by atoms with van der Waals surface area (Å²) in [5, 5.41) is 6.19. The lowest BCUT2D eigenvalue weighted by Gasteiger charge is -1.98. The first-order valence-corrected chi connectivity index (χ1v) is 4.88. The SMILES string of the molecule is CCN=C=N.O=C(n1ccnc1)n1ccnc1. The van der Waals surface area contributed by atoms with Crippen LogP contribution >= 0.6 is 0 Å². The van der Waals surface area contributed by atoms with Gasteiger partial charge in [-0.2, -0.15) is 0 Å². The monoisotopic (exact) mass is 232 g/mol. The van der Waals surface area contributed by atoms with Gasteiger partial charge in [-0.25, -0.2) is 25.2 Å². The van der Waals surface area contributed by atoms with Gasteiger partial charge in [-0.1, -0.05) is 0 Å². The van der Waals surface area contributed by atoms with Gasteiger partial charge in [-0.05, 0) is 6.92 Å². The highest BCUT2D eigenvalue weighted by atomic mass is 16.2. The molecule has 0 saturated heterocycles. The van der Waals surface area contributed by atoms with Crippen LogP contribution < -0.4 is 0 Å². The Balaban J connectivity index is 0.000000249. The van der Waals surface area contributed by atoms with Crippen LogP contribution in [-0.4, -0.2) is 37.7 Å². The van der Waals surface area contributed by atoms with Gasteiger partial charge in [0, 0.05) is 31.3 Å². The predicted octanol–water partition coefficient (Wildman–Crippen LogP) is 1.35. The first kappa shape index (κ1) is 12.5. The van der Waals surface area contributed by atoms with E-state index in [1.807, 2.05) is 12.9 Å². The average molecular weight is 232 g/mol. The summed E-state index contributed by atoms with van der Waals surface area (Å²) in [7, 11) is 0. The molecule has 1 N–H and O–H groups in total. The van der Waals surface area contributed by atoms with Crippen LogP contribution in [0.4, 0.5) is 4.79 Å². The van der Waals surface area contributed by atoms with Gasteiger partial charge < -0.3 is 0 Å². The Hall–Kier alpha value is -2.53. The number of carbonyl (C=O) groups excluding carboxylic acids is 1. The van der Waals surface area contributed by atoms with Crippen LogP contribution in [0.3, 0.4) is 0 Å². The van der Waals surface area contributed by atoms with Crippen LogP contribution in [0.5, 0.6) is 0 Å². The van der Waals surface area contributed by atoms with Crippen LogP contribution in [-0.2, 0) is 0 Å². The fourth-order valence-electron chi connectivity index (χ4n) is 0.957. The highest BCUT2D eigenvalue weighted by Gasteiger charge is 2.03. The van der Waals surface area contributed by atoms with Crippen molar-refractivity contribution in [3.8, 4) is 0 Å². The number of hydrogen-bond donors (Lipinski definition) is 1. The van der Waals surface area contributed by atoms with Gasteiger partial charge >= 0.3 is 6.03 Å². The Morgan fingerprint density at radius 1 is 1.29 bits per heavy atom. The van der Waals surface area contributed by atoms with Crippen LogP contribution in [0.1, 0.15) is 6.92 Å². The van der Waals surface area contributed by atoms with Crippen molar-refractivity contribution in [3.63, 3.8) is 0 Å². The van der Waals surface area contributed by atoms with Gasteiger partial charge in [0.2, 0.25) is 0 Å². The highest BCUT2D eigenvalue weighted by Crippen LogP contribution is 1.91. The summed E-state index contributed by atoms with van der Waals surface area (Å²) < 4.78 is 2.75. The van der Waals surface area contributed by atoms with Gasteiger partial charge in [0.05, 0.1) is 6.01 Å². The minimum Gasteiger partial charge on any atom is -0.257 e. The van der Waals surface area contributed by atoms with Gasteiger partial charge in [0.25, 0.3) is 0 Å². The fourth-order valence-corrected chi connectivity index (χ4v) is 0.957. The molecule has 2 aromatic rings. The van der Waals surface area contributed by atoms with Crippen molar-refractivity contribution in [2.45, 2.75) is 6.92 Å².